The van der Waals surface area contributed by atoms with E-state index in [1.54, 1.807) is 13.2 Å². The van der Waals surface area contributed by atoms with Crippen molar-refractivity contribution < 1.29 is 14.2 Å². The number of benzene rings is 1. The number of hydrogen-bond acceptors (Lipinski definition) is 5. The van der Waals surface area contributed by atoms with E-state index in [1.807, 2.05) is 30.3 Å². The molecule has 0 amide bonds. The van der Waals surface area contributed by atoms with Crippen molar-refractivity contribution in [1.29, 1.82) is 0 Å². The highest BCUT2D eigenvalue weighted by Crippen LogP contribution is 2.21. The van der Waals surface area contributed by atoms with Gasteiger partial charge >= 0.3 is 0 Å². The van der Waals surface area contributed by atoms with Crippen LogP contribution in [-0.4, -0.2) is 43.5 Å². The topological polar surface area (TPSA) is 53.5 Å². The molecule has 0 bridgehead atoms. The standard InChI is InChI=1S/C15H17ClN2O3/c1-19-7-8-20-9-10-21-14-11-13(16)17-15(18-14)12-5-3-2-4-6-12/h2-6,11H,7-10H2,1H3. The van der Waals surface area contributed by atoms with Crippen LogP contribution in [0.4, 0.5) is 0 Å². The summed E-state index contributed by atoms with van der Waals surface area (Å²) in [6.45, 7) is 1.97. The average Bonchev–Trinajstić information content (AvgIpc) is 2.51. The molecular formula is C15H17ClN2O3. The van der Waals surface area contributed by atoms with E-state index in [9.17, 15) is 0 Å². The summed E-state index contributed by atoms with van der Waals surface area (Å²) in [7, 11) is 1.63. The molecule has 1 aromatic carbocycles. The number of ether oxygens (including phenoxy) is 3. The van der Waals surface area contributed by atoms with Gasteiger partial charge in [-0.05, 0) is 0 Å². The fourth-order valence-corrected chi connectivity index (χ4v) is 1.81. The Morgan fingerprint density at radius 1 is 1.00 bits per heavy atom. The van der Waals surface area contributed by atoms with Gasteiger partial charge in [0.1, 0.15) is 11.8 Å². The van der Waals surface area contributed by atoms with Crippen LogP contribution in [0.1, 0.15) is 0 Å². The summed E-state index contributed by atoms with van der Waals surface area (Å²) in [5.74, 6) is 0.975. The quantitative estimate of drug-likeness (QED) is 0.554. The normalized spacial score (nSPS) is 10.6. The Bertz CT molecular complexity index is 552. The van der Waals surface area contributed by atoms with E-state index in [-0.39, 0.29) is 0 Å². The minimum Gasteiger partial charge on any atom is -0.475 e. The molecule has 6 heteroatoms. The summed E-state index contributed by atoms with van der Waals surface area (Å²) in [6, 6.07) is 11.2. The third kappa shape index (κ3) is 5.30. The zero-order chi connectivity index (χ0) is 14.9. The van der Waals surface area contributed by atoms with Gasteiger partial charge in [-0.2, -0.15) is 4.98 Å². The molecule has 0 unspecified atom stereocenters. The lowest BCUT2D eigenvalue weighted by molar-refractivity contribution is 0.0537. The van der Waals surface area contributed by atoms with Gasteiger partial charge in [-0.3, -0.25) is 0 Å². The SMILES string of the molecule is COCCOCCOc1cc(Cl)nc(-c2ccccc2)n1. The molecule has 0 aliphatic carbocycles. The molecular weight excluding hydrogens is 292 g/mol. The Labute approximate surface area is 128 Å². The van der Waals surface area contributed by atoms with Crippen LogP contribution < -0.4 is 4.74 Å². The molecule has 1 aromatic heterocycles. The third-order valence-electron chi connectivity index (χ3n) is 2.61. The van der Waals surface area contributed by atoms with Gasteiger partial charge in [-0.15, -0.1) is 0 Å². The first-order chi connectivity index (χ1) is 10.3. The fraction of sp³-hybridized carbons (Fsp3) is 0.333. The van der Waals surface area contributed by atoms with E-state index in [1.165, 1.54) is 0 Å². The first-order valence-corrected chi connectivity index (χ1v) is 6.97. The van der Waals surface area contributed by atoms with Gasteiger partial charge in [0.25, 0.3) is 0 Å². The summed E-state index contributed by atoms with van der Waals surface area (Å²) < 4.78 is 15.7. The molecule has 0 saturated heterocycles. The van der Waals surface area contributed by atoms with Gasteiger partial charge in [-0.1, -0.05) is 41.9 Å². The maximum atomic E-state index is 6.00. The van der Waals surface area contributed by atoms with Crippen molar-refractivity contribution in [3.8, 4) is 17.3 Å². The van der Waals surface area contributed by atoms with E-state index in [2.05, 4.69) is 9.97 Å². The molecule has 0 N–H and O–H groups in total. The van der Waals surface area contributed by atoms with Crippen LogP contribution in [0.2, 0.25) is 5.15 Å². The highest BCUT2D eigenvalue weighted by atomic mass is 35.5. The monoisotopic (exact) mass is 308 g/mol. The molecule has 0 aliphatic heterocycles. The van der Waals surface area contributed by atoms with Gasteiger partial charge in [0.15, 0.2) is 5.82 Å². The molecule has 0 aliphatic rings. The minimum atomic E-state index is 0.346. The summed E-state index contributed by atoms with van der Waals surface area (Å²) >= 11 is 6.00. The zero-order valence-electron chi connectivity index (χ0n) is 11.8. The molecule has 112 valence electrons. The first kappa shape index (κ1) is 15.7. The Balaban J connectivity index is 1.93. The highest BCUT2D eigenvalue weighted by molar-refractivity contribution is 6.29. The lowest BCUT2D eigenvalue weighted by Crippen LogP contribution is -2.10. The Hall–Kier alpha value is -1.69. The number of nitrogens with zero attached hydrogens (tertiary/aromatic N) is 2. The largest absolute Gasteiger partial charge is 0.475 e. The van der Waals surface area contributed by atoms with Crippen molar-refractivity contribution in [2.24, 2.45) is 0 Å². The minimum absolute atomic E-state index is 0.346. The molecule has 0 radical (unpaired) electrons. The van der Waals surface area contributed by atoms with Crippen molar-refractivity contribution in [3.63, 3.8) is 0 Å². The predicted octanol–water partition coefficient (Wildman–Crippen LogP) is 2.84. The predicted molar refractivity (Wildman–Crippen MR) is 80.7 cm³/mol. The van der Waals surface area contributed by atoms with Crippen LogP contribution >= 0.6 is 11.6 Å². The van der Waals surface area contributed by atoms with E-state index < -0.39 is 0 Å². The molecule has 0 fully saturated rings. The first-order valence-electron chi connectivity index (χ1n) is 6.59. The van der Waals surface area contributed by atoms with E-state index >= 15 is 0 Å². The second-order valence-corrected chi connectivity index (χ2v) is 4.56. The van der Waals surface area contributed by atoms with Crippen molar-refractivity contribution in [2.45, 2.75) is 0 Å². The van der Waals surface area contributed by atoms with Crippen molar-refractivity contribution in [1.82, 2.24) is 9.97 Å². The van der Waals surface area contributed by atoms with Crippen LogP contribution in [0, 0.1) is 0 Å². The maximum Gasteiger partial charge on any atom is 0.218 e. The van der Waals surface area contributed by atoms with Crippen LogP contribution in [0.15, 0.2) is 36.4 Å². The number of aromatic nitrogens is 2. The smallest absolute Gasteiger partial charge is 0.218 e. The fourth-order valence-electron chi connectivity index (χ4n) is 1.64. The molecule has 2 rings (SSSR count). The molecule has 21 heavy (non-hydrogen) atoms. The number of methoxy groups -OCH3 is 1. The summed E-state index contributed by atoms with van der Waals surface area (Å²) in [4.78, 5) is 8.54. The van der Waals surface area contributed by atoms with Crippen molar-refractivity contribution in [3.05, 3.63) is 41.6 Å². The van der Waals surface area contributed by atoms with E-state index in [0.29, 0.717) is 43.3 Å². The molecule has 5 nitrogen and oxygen atoms in total. The third-order valence-corrected chi connectivity index (χ3v) is 2.81. The van der Waals surface area contributed by atoms with Crippen LogP contribution in [0.5, 0.6) is 5.88 Å². The summed E-state index contributed by atoms with van der Waals surface area (Å²) in [6.07, 6.45) is 0. The Morgan fingerprint density at radius 2 is 1.76 bits per heavy atom. The summed E-state index contributed by atoms with van der Waals surface area (Å²) in [5.41, 5.74) is 0.890. The van der Waals surface area contributed by atoms with Gasteiger partial charge in [0.2, 0.25) is 5.88 Å². The number of hydrogen-bond donors (Lipinski definition) is 0. The molecule has 1 heterocycles. The van der Waals surface area contributed by atoms with Gasteiger partial charge in [0.05, 0.1) is 19.8 Å². The molecule has 0 atom stereocenters. The maximum absolute atomic E-state index is 6.00. The number of rotatable bonds is 8. The van der Waals surface area contributed by atoms with E-state index in [0.717, 1.165) is 5.56 Å². The van der Waals surface area contributed by atoms with Gasteiger partial charge < -0.3 is 14.2 Å². The Kier molecular flexibility index (Phi) is 6.40. The van der Waals surface area contributed by atoms with E-state index in [4.69, 9.17) is 25.8 Å². The average molecular weight is 309 g/mol. The van der Waals surface area contributed by atoms with Gasteiger partial charge in [0, 0.05) is 18.7 Å². The van der Waals surface area contributed by atoms with Crippen molar-refractivity contribution >= 4 is 11.6 Å². The second kappa shape index (κ2) is 8.56. The lowest BCUT2D eigenvalue weighted by atomic mass is 10.2. The number of halogens is 1. The highest BCUT2D eigenvalue weighted by Gasteiger charge is 2.06. The molecule has 2 aromatic rings. The van der Waals surface area contributed by atoms with Crippen LogP contribution in [-0.2, 0) is 9.47 Å². The lowest BCUT2D eigenvalue weighted by Gasteiger charge is -2.08. The van der Waals surface area contributed by atoms with Gasteiger partial charge in [-0.25, -0.2) is 4.98 Å². The molecule has 0 saturated carbocycles. The Morgan fingerprint density at radius 3 is 2.52 bits per heavy atom. The second-order valence-electron chi connectivity index (χ2n) is 4.17. The zero-order valence-corrected chi connectivity index (χ0v) is 12.5. The van der Waals surface area contributed by atoms with Crippen molar-refractivity contribution in [2.75, 3.05) is 33.5 Å². The van der Waals surface area contributed by atoms with Crippen LogP contribution in [0.3, 0.4) is 0 Å². The summed E-state index contributed by atoms with van der Waals surface area (Å²) in [5, 5.41) is 0.346. The molecule has 0 spiro atoms. The van der Waals surface area contributed by atoms with Crippen LogP contribution in [0.25, 0.3) is 11.4 Å².